The Hall–Kier alpha value is -0.790. The lowest BCUT2D eigenvalue weighted by Crippen LogP contribution is -2.14. The van der Waals surface area contributed by atoms with Crippen molar-refractivity contribution in [3.05, 3.63) is 56.5 Å². The summed E-state index contributed by atoms with van der Waals surface area (Å²) in [4.78, 5) is 0.116. The molecule has 2 rings (SSSR count). The largest absolute Gasteiger partial charge is 0.326 e. The zero-order chi connectivity index (χ0) is 15.6. The van der Waals surface area contributed by atoms with Gasteiger partial charge < -0.3 is 5.73 Å². The van der Waals surface area contributed by atoms with Gasteiger partial charge in [-0.25, -0.2) is 8.42 Å². The van der Waals surface area contributed by atoms with Gasteiger partial charge in [-0.05, 0) is 51.8 Å². The molecule has 0 spiro atoms. The molecule has 0 amide bonds. The van der Waals surface area contributed by atoms with Crippen LogP contribution < -0.4 is 10.5 Å². The topological polar surface area (TPSA) is 72.2 Å². The number of hydrogen-bond donors (Lipinski definition) is 2. The van der Waals surface area contributed by atoms with Crippen LogP contribution in [0.3, 0.4) is 0 Å². The Kier molecular flexibility index (Phi) is 5.16. The first-order chi connectivity index (χ1) is 9.83. The molecule has 0 aliphatic carbocycles. The highest BCUT2D eigenvalue weighted by molar-refractivity contribution is 9.10. The van der Waals surface area contributed by atoms with Crippen LogP contribution in [-0.2, 0) is 16.6 Å². The second kappa shape index (κ2) is 6.54. The molecule has 0 aliphatic rings. The molecule has 4 nitrogen and oxygen atoms in total. The molecule has 2 aromatic carbocycles. The summed E-state index contributed by atoms with van der Waals surface area (Å²) in [6, 6.07) is 9.33. The lowest BCUT2D eigenvalue weighted by molar-refractivity contribution is 0.600. The molecule has 0 aliphatic heterocycles. The molecule has 112 valence electrons. The number of nitrogens with one attached hydrogen (secondary N) is 1. The zero-order valence-corrected chi connectivity index (χ0v) is 14.5. The van der Waals surface area contributed by atoms with Crippen molar-refractivity contribution in [1.82, 2.24) is 0 Å². The van der Waals surface area contributed by atoms with Gasteiger partial charge >= 0.3 is 0 Å². The number of halogens is 3. The molecule has 21 heavy (non-hydrogen) atoms. The van der Waals surface area contributed by atoms with Gasteiger partial charge in [0.1, 0.15) is 4.90 Å². The molecule has 2 aromatic rings. The van der Waals surface area contributed by atoms with E-state index in [9.17, 15) is 8.42 Å². The van der Waals surface area contributed by atoms with Crippen molar-refractivity contribution < 1.29 is 8.42 Å². The summed E-state index contributed by atoms with van der Waals surface area (Å²) in [6.45, 7) is 0.332. The van der Waals surface area contributed by atoms with Crippen LogP contribution in [0.2, 0.25) is 10.0 Å². The van der Waals surface area contributed by atoms with Crippen molar-refractivity contribution in [3.63, 3.8) is 0 Å². The van der Waals surface area contributed by atoms with Crippen molar-refractivity contribution in [2.24, 2.45) is 5.73 Å². The molecular formula is C13H11BrCl2N2O2S. The van der Waals surface area contributed by atoms with Crippen LogP contribution >= 0.6 is 39.1 Å². The van der Waals surface area contributed by atoms with Crippen molar-refractivity contribution in [3.8, 4) is 0 Å². The minimum atomic E-state index is -3.74. The standard InChI is InChI=1S/C13H11BrCl2N2O2S/c14-10-5-8(7-17)1-4-13(10)21(19,20)18-9-2-3-11(15)12(16)6-9/h1-6,18H,7,17H2. The van der Waals surface area contributed by atoms with Crippen LogP contribution in [0.25, 0.3) is 0 Å². The average Bonchev–Trinajstić information content (AvgIpc) is 2.42. The van der Waals surface area contributed by atoms with E-state index in [0.29, 0.717) is 21.7 Å². The Morgan fingerprint density at radius 1 is 1.10 bits per heavy atom. The highest BCUT2D eigenvalue weighted by Crippen LogP contribution is 2.28. The maximum absolute atomic E-state index is 12.4. The van der Waals surface area contributed by atoms with E-state index >= 15 is 0 Å². The third-order valence-corrected chi connectivity index (χ3v) is 5.79. The number of rotatable bonds is 4. The van der Waals surface area contributed by atoms with Crippen LogP contribution in [0.4, 0.5) is 5.69 Å². The van der Waals surface area contributed by atoms with Crippen LogP contribution in [0.5, 0.6) is 0 Å². The summed E-state index contributed by atoms with van der Waals surface area (Å²) in [7, 11) is -3.74. The van der Waals surface area contributed by atoms with Gasteiger partial charge in [0.05, 0.1) is 15.7 Å². The van der Waals surface area contributed by atoms with E-state index in [1.165, 1.54) is 24.3 Å². The summed E-state index contributed by atoms with van der Waals surface area (Å²) in [5.74, 6) is 0. The Balaban J connectivity index is 2.36. The van der Waals surface area contributed by atoms with E-state index in [0.717, 1.165) is 5.56 Å². The molecule has 0 radical (unpaired) electrons. The Morgan fingerprint density at radius 3 is 2.38 bits per heavy atom. The second-order valence-electron chi connectivity index (χ2n) is 4.20. The summed E-state index contributed by atoms with van der Waals surface area (Å²) >= 11 is 14.9. The van der Waals surface area contributed by atoms with Gasteiger partial charge in [0, 0.05) is 11.0 Å². The van der Waals surface area contributed by atoms with E-state index in [4.69, 9.17) is 28.9 Å². The third kappa shape index (κ3) is 3.90. The SMILES string of the molecule is NCc1ccc(S(=O)(=O)Nc2ccc(Cl)c(Cl)c2)c(Br)c1. The van der Waals surface area contributed by atoms with Crippen molar-refractivity contribution in [1.29, 1.82) is 0 Å². The first kappa shape index (κ1) is 16.6. The van der Waals surface area contributed by atoms with Gasteiger partial charge in [-0.1, -0.05) is 29.3 Å². The van der Waals surface area contributed by atoms with Gasteiger partial charge in [-0.3, -0.25) is 4.72 Å². The Labute approximate surface area is 141 Å². The summed E-state index contributed by atoms with van der Waals surface area (Å²) in [5.41, 5.74) is 6.68. The average molecular weight is 410 g/mol. The summed E-state index contributed by atoms with van der Waals surface area (Å²) in [6.07, 6.45) is 0. The third-order valence-electron chi connectivity index (χ3n) is 2.69. The highest BCUT2D eigenvalue weighted by Gasteiger charge is 2.18. The Bertz CT molecular complexity index is 782. The van der Waals surface area contributed by atoms with E-state index in [1.54, 1.807) is 12.1 Å². The van der Waals surface area contributed by atoms with Crippen LogP contribution in [0, 0.1) is 0 Å². The fourth-order valence-corrected chi connectivity index (χ4v) is 4.13. The number of sulfonamides is 1. The van der Waals surface area contributed by atoms with Gasteiger partial charge in [0.25, 0.3) is 10.0 Å². The first-order valence-electron chi connectivity index (χ1n) is 5.80. The van der Waals surface area contributed by atoms with E-state index in [2.05, 4.69) is 20.7 Å². The molecule has 0 aromatic heterocycles. The molecule has 0 fully saturated rings. The molecule has 0 atom stereocenters. The van der Waals surface area contributed by atoms with Gasteiger partial charge in [0.15, 0.2) is 0 Å². The fourth-order valence-electron chi connectivity index (χ4n) is 1.66. The predicted octanol–water partition coefficient (Wildman–Crippen LogP) is 4.02. The van der Waals surface area contributed by atoms with E-state index < -0.39 is 10.0 Å². The smallest absolute Gasteiger partial charge is 0.263 e. The van der Waals surface area contributed by atoms with Crippen molar-refractivity contribution in [2.75, 3.05) is 4.72 Å². The lowest BCUT2D eigenvalue weighted by atomic mass is 10.2. The Morgan fingerprint density at radius 2 is 1.81 bits per heavy atom. The lowest BCUT2D eigenvalue weighted by Gasteiger charge is -2.11. The van der Waals surface area contributed by atoms with Crippen LogP contribution in [0.1, 0.15) is 5.56 Å². The monoisotopic (exact) mass is 408 g/mol. The van der Waals surface area contributed by atoms with Crippen LogP contribution in [-0.4, -0.2) is 8.42 Å². The van der Waals surface area contributed by atoms with Crippen LogP contribution in [0.15, 0.2) is 45.8 Å². The van der Waals surface area contributed by atoms with Crippen molar-refractivity contribution in [2.45, 2.75) is 11.4 Å². The number of benzene rings is 2. The summed E-state index contributed by atoms with van der Waals surface area (Å²) in [5, 5.41) is 0.627. The highest BCUT2D eigenvalue weighted by atomic mass is 79.9. The van der Waals surface area contributed by atoms with E-state index in [-0.39, 0.29) is 9.92 Å². The first-order valence-corrected chi connectivity index (χ1v) is 8.83. The molecule has 3 N–H and O–H groups in total. The summed E-state index contributed by atoms with van der Waals surface area (Å²) < 4.78 is 27.6. The van der Waals surface area contributed by atoms with Gasteiger partial charge in [0.2, 0.25) is 0 Å². The molecular weight excluding hydrogens is 399 g/mol. The molecule has 8 heteroatoms. The molecule has 0 bridgehead atoms. The maximum atomic E-state index is 12.4. The molecule has 0 heterocycles. The second-order valence-corrected chi connectivity index (χ2v) is 7.52. The fraction of sp³-hybridized carbons (Fsp3) is 0.0769. The predicted molar refractivity (Wildman–Crippen MR) is 89.3 cm³/mol. The van der Waals surface area contributed by atoms with Gasteiger partial charge in [-0.15, -0.1) is 0 Å². The number of hydrogen-bond acceptors (Lipinski definition) is 3. The normalized spacial score (nSPS) is 11.4. The maximum Gasteiger partial charge on any atom is 0.263 e. The minimum Gasteiger partial charge on any atom is -0.326 e. The van der Waals surface area contributed by atoms with Crippen molar-refractivity contribution >= 4 is 54.8 Å². The van der Waals surface area contributed by atoms with Gasteiger partial charge in [-0.2, -0.15) is 0 Å². The number of anilines is 1. The van der Waals surface area contributed by atoms with E-state index in [1.807, 2.05) is 0 Å². The zero-order valence-electron chi connectivity index (χ0n) is 10.6. The number of nitrogens with two attached hydrogens (primary N) is 1. The molecule has 0 saturated carbocycles. The quantitative estimate of drug-likeness (QED) is 0.800. The molecule has 0 unspecified atom stereocenters. The minimum absolute atomic E-state index is 0.116. The molecule has 0 saturated heterocycles.